The van der Waals surface area contributed by atoms with Crippen LogP contribution in [0.25, 0.3) is 0 Å². The molecule has 0 N–H and O–H groups in total. The third-order valence-electron chi connectivity index (χ3n) is 2.74. The van der Waals surface area contributed by atoms with Gasteiger partial charge in [0.25, 0.3) is 0 Å². The Kier molecular flexibility index (Phi) is 10.7. The van der Waals surface area contributed by atoms with E-state index in [2.05, 4.69) is 0 Å². The van der Waals surface area contributed by atoms with Gasteiger partial charge in [-0.25, -0.2) is 9.13 Å². The van der Waals surface area contributed by atoms with E-state index in [0.717, 1.165) is 0 Å². The zero-order valence-electron chi connectivity index (χ0n) is 11.6. The van der Waals surface area contributed by atoms with Gasteiger partial charge in [0.2, 0.25) is 0 Å². The molecule has 0 atom stereocenters. The second kappa shape index (κ2) is 11.4. The lowest BCUT2D eigenvalue weighted by atomic mass is 10.4. The Morgan fingerprint density at radius 1 is 0.762 bits per heavy atom. The molecule has 0 saturated carbocycles. The fraction of sp³-hybridized carbons (Fsp3) is 0.267. The molecule has 0 aliphatic rings. The first-order valence-corrected chi connectivity index (χ1v) is 6.38. The normalized spacial score (nSPS) is 9.14. The number of rotatable bonds is 6. The van der Waals surface area contributed by atoms with Crippen molar-refractivity contribution in [1.29, 1.82) is 0 Å². The van der Waals surface area contributed by atoms with Crippen molar-refractivity contribution in [1.82, 2.24) is 0 Å². The molecule has 2 aromatic rings. The van der Waals surface area contributed by atoms with Crippen LogP contribution >= 0.6 is 0 Å². The van der Waals surface area contributed by atoms with Crippen molar-refractivity contribution in [2.45, 2.75) is 19.5 Å². The second-order valence-electron chi connectivity index (χ2n) is 4.20. The molecule has 0 spiro atoms. The number of esters is 1. The van der Waals surface area contributed by atoms with Gasteiger partial charge in [-0.15, -0.1) is 0 Å². The number of ether oxygens (including phenoxy) is 1. The molecular weight excluding hydrogens is 400 g/mol. The van der Waals surface area contributed by atoms with Crippen molar-refractivity contribution >= 4 is 5.97 Å². The smallest absolute Gasteiger partial charge is 0.312 e. The Hall–Kier alpha value is -1.27. The number of hydrogen-bond donors (Lipinski definition) is 0. The van der Waals surface area contributed by atoms with E-state index in [1.165, 1.54) is 0 Å². The third-order valence-corrected chi connectivity index (χ3v) is 2.74. The van der Waals surface area contributed by atoms with E-state index >= 15 is 0 Å². The van der Waals surface area contributed by atoms with Crippen LogP contribution in [-0.2, 0) is 22.6 Å². The lowest BCUT2D eigenvalue weighted by Gasteiger charge is -2.01. The molecule has 4 nitrogen and oxygen atoms in total. The first kappa shape index (κ1) is 19.7. The lowest BCUT2D eigenvalue weighted by molar-refractivity contribution is -0.698. The van der Waals surface area contributed by atoms with Crippen molar-refractivity contribution in [3.05, 3.63) is 61.2 Å². The molecule has 21 heavy (non-hydrogen) atoms. The number of nitrogens with zero attached hydrogens (tertiary/aromatic N) is 2. The average Bonchev–Trinajstić information content (AvgIpc) is 2.47. The quantitative estimate of drug-likeness (QED) is 0.348. The first-order chi connectivity index (χ1) is 9.34. The molecule has 2 heterocycles. The summed E-state index contributed by atoms with van der Waals surface area (Å²) in [6, 6.07) is 11.7. The Morgan fingerprint density at radius 3 is 1.76 bits per heavy atom. The lowest BCUT2D eigenvalue weighted by Crippen LogP contribution is -3.00. The van der Waals surface area contributed by atoms with Crippen molar-refractivity contribution in [2.75, 3.05) is 6.61 Å². The SMILES string of the molecule is O=C(CC[n+]1ccccc1)OCC[n+]1ccccc1.[Br-].[Br-]. The molecule has 0 aliphatic carbocycles. The van der Waals surface area contributed by atoms with Gasteiger partial charge < -0.3 is 38.7 Å². The Labute approximate surface area is 145 Å². The summed E-state index contributed by atoms with van der Waals surface area (Å²) in [7, 11) is 0. The maximum Gasteiger partial charge on any atom is 0.312 e. The van der Waals surface area contributed by atoms with E-state index < -0.39 is 0 Å². The summed E-state index contributed by atoms with van der Waals surface area (Å²) in [6.45, 7) is 1.75. The maximum atomic E-state index is 11.6. The summed E-state index contributed by atoms with van der Waals surface area (Å²) >= 11 is 0. The molecule has 0 amide bonds. The van der Waals surface area contributed by atoms with Gasteiger partial charge >= 0.3 is 5.97 Å². The standard InChI is InChI=1S/C15H18N2O2.2BrH/c18-15(7-12-16-8-3-1-4-9-16)19-14-13-17-10-5-2-6-11-17;;/h1-6,8-11H,7,12-14H2;2*1H/q+2;;/p-2. The highest BCUT2D eigenvalue weighted by Crippen LogP contribution is 1.88. The molecule has 0 aliphatic heterocycles. The van der Waals surface area contributed by atoms with Crippen LogP contribution < -0.4 is 43.1 Å². The molecule has 0 bridgehead atoms. The van der Waals surface area contributed by atoms with Crippen molar-refractivity contribution in [3.8, 4) is 0 Å². The molecule has 0 aromatic carbocycles. The largest absolute Gasteiger partial charge is 1.00 e. The summed E-state index contributed by atoms with van der Waals surface area (Å²) in [5, 5.41) is 0. The summed E-state index contributed by atoms with van der Waals surface area (Å²) in [4.78, 5) is 11.6. The van der Waals surface area contributed by atoms with Crippen LogP contribution in [0.3, 0.4) is 0 Å². The first-order valence-electron chi connectivity index (χ1n) is 6.38. The van der Waals surface area contributed by atoms with Crippen LogP contribution in [0.2, 0.25) is 0 Å². The Bertz CT molecular complexity index is 510. The number of aryl methyl sites for hydroxylation is 1. The molecule has 114 valence electrons. The van der Waals surface area contributed by atoms with Gasteiger partial charge in [0, 0.05) is 24.3 Å². The van der Waals surface area contributed by atoms with Gasteiger partial charge in [-0.2, -0.15) is 0 Å². The molecule has 0 saturated heterocycles. The van der Waals surface area contributed by atoms with Crippen LogP contribution in [0, 0.1) is 0 Å². The van der Waals surface area contributed by atoms with Gasteiger partial charge in [-0.1, -0.05) is 12.1 Å². The number of hydrogen-bond acceptors (Lipinski definition) is 2. The van der Waals surface area contributed by atoms with Crippen LogP contribution in [-0.4, -0.2) is 12.6 Å². The molecule has 0 unspecified atom stereocenters. The molecule has 6 heteroatoms. The number of aromatic nitrogens is 2. The number of pyridine rings is 2. The average molecular weight is 418 g/mol. The van der Waals surface area contributed by atoms with E-state index in [1.807, 2.05) is 70.3 Å². The summed E-state index contributed by atoms with van der Waals surface area (Å²) in [5.74, 6) is -0.159. The monoisotopic (exact) mass is 416 g/mol. The van der Waals surface area contributed by atoms with Gasteiger partial charge in [0.05, 0.1) is 0 Å². The zero-order chi connectivity index (χ0) is 13.3. The fourth-order valence-electron chi connectivity index (χ4n) is 1.72. The fourth-order valence-corrected chi connectivity index (χ4v) is 1.72. The van der Waals surface area contributed by atoms with E-state index in [1.54, 1.807) is 0 Å². The zero-order valence-corrected chi connectivity index (χ0v) is 14.7. The van der Waals surface area contributed by atoms with Gasteiger partial charge in [0.15, 0.2) is 44.5 Å². The topological polar surface area (TPSA) is 34.1 Å². The third kappa shape index (κ3) is 7.92. The highest BCUT2D eigenvalue weighted by Gasteiger charge is 2.08. The maximum absolute atomic E-state index is 11.6. The molecule has 0 radical (unpaired) electrons. The minimum Gasteiger partial charge on any atom is -1.00 e. The van der Waals surface area contributed by atoms with Crippen molar-refractivity contribution in [2.24, 2.45) is 0 Å². The Morgan fingerprint density at radius 2 is 1.24 bits per heavy atom. The van der Waals surface area contributed by atoms with E-state index in [-0.39, 0.29) is 39.9 Å². The van der Waals surface area contributed by atoms with Gasteiger partial charge in [-0.05, 0) is 0 Å². The predicted octanol–water partition coefficient (Wildman–Crippen LogP) is -5.10. The number of halogens is 2. The summed E-state index contributed by atoms with van der Waals surface area (Å²) < 4.78 is 9.15. The van der Waals surface area contributed by atoms with Crippen LogP contribution in [0.1, 0.15) is 6.42 Å². The van der Waals surface area contributed by atoms with Crippen LogP contribution in [0.4, 0.5) is 0 Å². The van der Waals surface area contributed by atoms with Crippen LogP contribution in [0.15, 0.2) is 61.2 Å². The number of carbonyl (C=O) groups excluding carboxylic acids is 1. The van der Waals surface area contributed by atoms with Crippen molar-refractivity contribution in [3.63, 3.8) is 0 Å². The molecule has 0 fully saturated rings. The van der Waals surface area contributed by atoms with Crippen LogP contribution in [0.5, 0.6) is 0 Å². The molecular formula is C15H18Br2N2O2. The predicted molar refractivity (Wildman–Crippen MR) is 68.9 cm³/mol. The summed E-state index contributed by atoms with van der Waals surface area (Å²) in [5.41, 5.74) is 0. The summed E-state index contributed by atoms with van der Waals surface area (Å²) in [6.07, 6.45) is 8.18. The Balaban J connectivity index is 0.00000200. The number of carbonyl (C=O) groups is 1. The minimum absolute atomic E-state index is 0. The molecule has 2 aromatic heterocycles. The van der Waals surface area contributed by atoms with Gasteiger partial charge in [0.1, 0.15) is 6.42 Å². The molecule has 2 rings (SSSR count). The second-order valence-corrected chi connectivity index (χ2v) is 4.20. The minimum atomic E-state index is -0.159. The van der Waals surface area contributed by atoms with E-state index in [4.69, 9.17) is 4.74 Å². The van der Waals surface area contributed by atoms with E-state index in [0.29, 0.717) is 26.1 Å². The van der Waals surface area contributed by atoms with E-state index in [9.17, 15) is 4.79 Å². The highest BCUT2D eigenvalue weighted by atomic mass is 79.9. The van der Waals surface area contributed by atoms with Gasteiger partial charge in [-0.3, -0.25) is 4.79 Å². The highest BCUT2D eigenvalue weighted by molar-refractivity contribution is 5.68. The van der Waals surface area contributed by atoms with Crippen molar-refractivity contribution < 1.29 is 52.6 Å².